The fourth-order valence-corrected chi connectivity index (χ4v) is 3.77. The van der Waals surface area contributed by atoms with Crippen LogP contribution in [0.4, 0.5) is 0 Å². The van der Waals surface area contributed by atoms with Gasteiger partial charge in [-0.3, -0.25) is 4.79 Å². The largest absolute Gasteiger partial charge is 0.481 e. The predicted molar refractivity (Wildman–Crippen MR) is 97.5 cm³/mol. The van der Waals surface area contributed by atoms with Crippen LogP contribution in [-0.2, 0) is 16.1 Å². The van der Waals surface area contributed by atoms with E-state index in [-0.39, 0.29) is 11.3 Å². The van der Waals surface area contributed by atoms with Gasteiger partial charge in [-0.2, -0.15) is 0 Å². The number of carbonyl (C=O) groups excluding carboxylic acids is 1. The Balaban J connectivity index is 1.78. The van der Waals surface area contributed by atoms with Gasteiger partial charge in [-0.15, -0.1) is 0 Å². The third-order valence-electron chi connectivity index (χ3n) is 5.25. The lowest BCUT2D eigenvalue weighted by Crippen LogP contribution is -2.39. The highest BCUT2D eigenvalue weighted by molar-refractivity contribution is 5.85. The molecular weight excluding hydrogens is 316 g/mol. The Morgan fingerprint density at radius 1 is 1.24 bits per heavy atom. The molecule has 25 heavy (non-hydrogen) atoms. The van der Waals surface area contributed by atoms with E-state index in [2.05, 4.69) is 10.3 Å². The highest BCUT2D eigenvalue weighted by Crippen LogP contribution is 2.41. The predicted octanol–water partition coefficient (Wildman–Crippen LogP) is 3.46. The number of benzene rings is 1. The minimum atomic E-state index is -0.275. The van der Waals surface area contributed by atoms with E-state index >= 15 is 0 Å². The van der Waals surface area contributed by atoms with E-state index in [0.29, 0.717) is 19.0 Å². The fourth-order valence-electron chi connectivity index (χ4n) is 3.77. The van der Waals surface area contributed by atoms with Crippen LogP contribution < -0.4 is 10.1 Å². The maximum absolute atomic E-state index is 12.9. The first-order valence-electron chi connectivity index (χ1n) is 8.88. The zero-order valence-electron chi connectivity index (χ0n) is 15.0. The summed E-state index contributed by atoms with van der Waals surface area (Å²) in [5.41, 5.74) is 1.62. The van der Waals surface area contributed by atoms with E-state index < -0.39 is 0 Å². The zero-order valence-corrected chi connectivity index (χ0v) is 15.0. The molecule has 1 aliphatic rings. The van der Waals surface area contributed by atoms with Crippen LogP contribution in [-0.4, -0.2) is 31.7 Å². The lowest BCUT2D eigenvalue weighted by Gasteiger charge is -2.27. The minimum Gasteiger partial charge on any atom is -0.481 e. The summed E-state index contributed by atoms with van der Waals surface area (Å²) in [6.45, 7) is 1.10. The van der Waals surface area contributed by atoms with Crippen molar-refractivity contribution in [2.24, 2.45) is 5.41 Å². The van der Waals surface area contributed by atoms with Crippen molar-refractivity contribution in [3.05, 3.63) is 35.9 Å². The minimum absolute atomic E-state index is 0.141. The van der Waals surface area contributed by atoms with Crippen molar-refractivity contribution in [1.29, 1.82) is 0 Å². The number of methoxy groups -OCH3 is 2. The summed E-state index contributed by atoms with van der Waals surface area (Å²) in [5.74, 6) is 0.708. The highest BCUT2D eigenvalue weighted by Gasteiger charge is 2.40. The molecule has 5 heteroatoms. The number of aromatic nitrogens is 1. The number of hydrogen-bond donors (Lipinski definition) is 1. The second-order valence-electron chi connectivity index (χ2n) is 6.75. The van der Waals surface area contributed by atoms with E-state index in [1.807, 2.05) is 30.3 Å². The summed E-state index contributed by atoms with van der Waals surface area (Å²) >= 11 is 0. The van der Waals surface area contributed by atoms with Crippen molar-refractivity contribution in [2.45, 2.75) is 38.6 Å². The Hall–Kier alpha value is -2.14. The van der Waals surface area contributed by atoms with Gasteiger partial charge in [-0.1, -0.05) is 31.0 Å². The molecular formula is C20H26N2O3. The number of pyridine rings is 1. The molecule has 0 unspecified atom stereocenters. The molecule has 0 atom stereocenters. The Morgan fingerprint density at radius 3 is 2.72 bits per heavy atom. The summed E-state index contributed by atoms with van der Waals surface area (Å²) in [5, 5.41) is 4.20. The monoisotopic (exact) mass is 342 g/mol. The zero-order chi connectivity index (χ0) is 17.7. The average Bonchev–Trinajstić information content (AvgIpc) is 3.14. The molecule has 5 nitrogen and oxygen atoms in total. The summed E-state index contributed by atoms with van der Waals surface area (Å²) in [7, 11) is 3.30. The van der Waals surface area contributed by atoms with Crippen molar-refractivity contribution < 1.29 is 14.3 Å². The topological polar surface area (TPSA) is 60.5 Å². The summed E-state index contributed by atoms with van der Waals surface area (Å²) in [6, 6.07) is 9.83. The molecule has 0 aliphatic heterocycles. The molecule has 1 N–H and O–H groups in total. The first kappa shape index (κ1) is 17.7. The van der Waals surface area contributed by atoms with Crippen molar-refractivity contribution in [1.82, 2.24) is 10.3 Å². The molecule has 0 saturated heterocycles. The Bertz CT molecular complexity index is 739. The number of carbonyl (C=O) groups is 1. The summed E-state index contributed by atoms with van der Waals surface area (Å²) in [4.78, 5) is 17.4. The molecule has 1 heterocycles. The molecule has 3 rings (SSSR count). The third kappa shape index (κ3) is 3.76. The normalized spacial score (nSPS) is 16.1. The molecule has 0 radical (unpaired) electrons. The molecule has 0 spiro atoms. The van der Waals surface area contributed by atoms with Crippen LogP contribution in [0.3, 0.4) is 0 Å². The number of nitrogens with zero attached hydrogens (tertiary/aromatic N) is 1. The molecule has 1 saturated carbocycles. The highest BCUT2D eigenvalue weighted by atomic mass is 16.5. The second-order valence-corrected chi connectivity index (χ2v) is 6.75. The molecule has 1 fully saturated rings. The first-order chi connectivity index (χ1) is 12.2. The van der Waals surface area contributed by atoms with Gasteiger partial charge < -0.3 is 14.8 Å². The van der Waals surface area contributed by atoms with Crippen molar-refractivity contribution >= 4 is 16.8 Å². The van der Waals surface area contributed by atoms with E-state index in [1.54, 1.807) is 14.2 Å². The number of ether oxygens (including phenoxy) is 2. The van der Waals surface area contributed by atoms with E-state index in [0.717, 1.165) is 48.6 Å². The Kier molecular flexibility index (Phi) is 5.53. The molecule has 0 bridgehead atoms. The third-order valence-corrected chi connectivity index (χ3v) is 5.25. The molecule has 1 aromatic carbocycles. The van der Waals surface area contributed by atoms with Crippen molar-refractivity contribution in [3.63, 3.8) is 0 Å². The van der Waals surface area contributed by atoms with Gasteiger partial charge in [-0.25, -0.2) is 4.98 Å². The smallest absolute Gasteiger partial charge is 0.226 e. The van der Waals surface area contributed by atoms with Gasteiger partial charge in [0.25, 0.3) is 0 Å². The van der Waals surface area contributed by atoms with Gasteiger partial charge in [0.2, 0.25) is 11.8 Å². The van der Waals surface area contributed by atoms with E-state index in [9.17, 15) is 4.79 Å². The standard InChI is InChI=1S/C20H26N2O3/c1-24-12-11-20(9-5-6-10-20)19(23)21-14-15-13-18(25-2)22-17-8-4-3-7-16(15)17/h3-4,7-8,13H,5-6,9-12,14H2,1-2H3,(H,21,23). The first-order valence-corrected chi connectivity index (χ1v) is 8.88. The van der Waals surface area contributed by atoms with Crippen LogP contribution in [0.15, 0.2) is 30.3 Å². The molecule has 134 valence electrons. The number of para-hydroxylation sites is 1. The van der Waals surface area contributed by atoms with Gasteiger partial charge in [-0.05, 0) is 30.9 Å². The van der Waals surface area contributed by atoms with Crippen LogP contribution in [0.25, 0.3) is 10.9 Å². The van der Waals surface area contributed by atoms with Crippen molar-refractivity contribution in [3.8, 4) is 5.88 Å². The van der Waals surface area contributed by atoms with Gasteiger partial charge in [0.15, 0.2) is 0 Å². The number of fused-ring (bicyclic) bond motifs is 1. The fraction of sp³-hybridized carbons (Fsp3) is 0.500. The SMILES string of the molecule is COCCC1(C(=O)NCc2cc(OC)nc3ccccc23)CCCC1. The summed E-state index contributed by atoms with van der Waals surface area (Å²) in [6.07, 6.45) is 4.91. The van der Waals surface area contributed by atoms with Gasteiger partial charge >= 0.3 is 0 Å². The average molecular weight is 342 g/mol. The van der Waals surface area contributed by atoms with Crippen molar-refractivity contribution in [2.75, 3.05) is 20.8 Å². The molecule has 1 aromatic heterocycles. The number of nitrogens with one attached hydrogen (secondary N) is 1. The maximum Gasteiger partial charge on any atom is 0.226 e. The van der Waals surface area contributed by atoms with Gasteiger partial charge in [0.1, 0.15) is 0 Å². The van der Waals surface area contributed by atoms with Crippen LogP contribution in [0.2, 0.25) is 0 Å². The summed E-state index contributed by atoms with van der Waals surface area (Å²) < 4.78 is 10.5. The van der Waals surface area contributed by atoms with Crippen LogP contribution in [0, 0.1) is 5.41 Å². The Labute approximate surface area is 148 Å². The molecule has 1 aliphatic carbocycles. The van der Waals surface area contributed by atoms with E-state index in [1.165, 1.54) is 0 Å². The van der Waals surface area contributed by atoms with Gasteiger partial charge in [0.05, 0.1) is 18.0 Å². The number of hydrogen-bond acceptors (Lipinski definition) is 4. The van der Waals surface area contributed by atoms with Gasteiger partial charge in [0, 0.05) is 31.7 Å². The lowest BCUT2D eigenvalue weighted by molar-refractivity contribution is -0.132. The Morgan fingerprint density at radius 2 is 2.00 bits per heavy atom. The van der Waals surface area contributed by atoms with Crippen LogP contribution in [0.1, 0.15) is 37.7 Å². The molecule has 2 aromatic rings. The second kappa shape index (κ2) is 7.83. The van der Waals surface area contributed by atoms with Crippen LogP contribution in [0.5, 0.6) is 5.88 Å². The molecule has 1 amide bonds. The van der Waals surface area contributed by atoms with E-state index in [4.69, 9.17) is 9.47 Å². The number of rotatable bonds is 7. The van der Waals surface area contributed by atoms with Crippen LogP contribution >= 0.6 is 0 Å². The maximum atomic E-state index is 12.9. The number of amides is 1. The quantitative estimate of drug-likeness (QED) is 0.837. The lowest BCUT2D eigenvalue weighted by atomic mass is 9.82.